The summed E-state index contributed by atoms with van der Waals surface area (Å²) in [6, 6.07) is 0.512. The van der Waals surface area contributed by atoms with Crippen LogP contribution in [0.1, 0.15) is 20.8 Å². The molecule has 4 atom stereocenters. The minimum atomic E-state index is -0.210. The minimum absolute atomic E-state index is 0.210. The molecule has 0 bridgehead atoms. The first-order valence-electron chi connectivity index (χ1n) is 5.25. The summed E-state index contributed by atoms with van der Waals surface area (Å²) in [5.41, 5.74) is 0. The minimum Gasteiger partial charge on any atom is -0.393 e. The summed E-state index contributed by atoms with van der Waals surface area (Å²) in [6.07, 6.45) is -0.210. The molecule has 78 valence electrons. The summed E-state index contributed by atoms with van der Waals surface area (Å²) in [4.78, 5) is 0. The topological polar surface area (TPSA) is 44.3 Å². The first kappa shape index (κ1) is 11.0. The van der Waals surface area contributed by atoms with Crippen LogP contribution in [0, 0.1) is 11.8 Å². The highest BCUT2D eigenvalue weighted by molar-refractivity contribution is 4.83. The van der Waals surface area contributed by atoms with Gasteiger partial charge in [0.15, 0.2) is 0 Å². The van der Waals surface area contributed by atoms with Gasteiger partial charge in [-0.3, -0.25) is 0 Å². The number of aliphatic hydroxyl groups excluding tert-OH is 1. The standard InChI is InChI=1S/C10H22N2O/c1-7(9(3)13)8(2)10-6-11-4-5-12-10/h7-13H,4-6H2,1-3H3. The van der Waals surface area contributed by atoms with Gasteiger partial charge in [0.05, 0.1) is 6.10 Å². The number of aliphatic hydroxyl groups is 1. The molecule has 0 radical (unpaired) electrons. The highest BCUT2D eigenvalue weighted by Crippen LogP contribution is 2.19. The molecule has 3 heteroatoms. The van der Waals surface area contributed by atoms with E-state index in [1.54, 1.807) is 0 Å². The van der Waals surface area contributed by atoms with Crippen molar-refractivity contribution in [2.24, 2.45) is 11.8 Å². The zero-order valence-electron chi connectivity index (χ0n) is 8.88. The first-order chi connectivity index (χ1) is 6.13. The first-order valence-corrected chi connectivity index (χ1v) is 5.25. The maximum absolute atomic E-state index is 9.47. The Balaban J connectivity index is 2.40. The molecule has 0 aromatic carbocycles. The van der Waals surface area contributed by atoms with Gasteiger partial charge in [-0.15, -0.1) is 0 Å². The van der Waals surface area contributed by atoms with E-state index in [9.17, 15) is 5.11 Å². The summed E-state index contributed by atoms with van der Waals surface area (Å²) in [5, 5.41) is 16.3. The summed E-state index contributed by atoms with van der Waals surface area (Å²) in [5.74, 6) is 0.880. The normalized spacial score (nSPS) is 30.9. The number of nitrogens with one attached hydrogen (secondary N) is 2. The lowest BCUT2D eigenvalue weighted by atomic mass is 9.85. The van der Waals surface area contributed by atoms with Crippen molar-refractivity contribution in [1.82, 2.24) is 10.6 Å². The van der Waals surface area contributed by atoms with Crippen molar-refractivity contribution < 1.29 is 5.11 Å². The fourth-order valence-corrected chi connectivity index (χ4v) is 1.85. The summed E-state index contributed by atoms with van der Waals surface area (Å²) < 4.78 is 0. The second-order valence-corrected chi connectivity index (χ2v) is 4.22. The predicted octanol–water partition coefficient (Wildman–Crippen LogP) is 0.201. The van der Waals surface area contributed by atoms with Crippen LogP contribution in [0.25, 0.3) is 0 Å². The van der Waals surface area contributed by atoms with Crippen LogP contribution < -0.4 is 10.6 Å². The molecule has 13 heavy (non-hydrogen) atoms. The third-order valence-electron chi connectivity index (χ3n) is 3.30. The molecule has 1 aliphatic rings. The molecule has 0 saturated carbocycles. The van der Waals surface area contributed by atoms with Gasteiger partial charge in [-0.2, -0.15) is 0 Å². The maximum Gasteiger partial charge on any atom is 0.0540 e. The van der Waals surface area contributed by atoms with Crippen molar-refractivity contribution in [1.29, 1.82) is 0 Å². The van der Waals surface area contributed by atoms with Gasteiger partial charge in [-0.05, 0) is 18.8 Å². The van der Waals surface area contributed by atoms with Crippen molar-refractivity contribution in [3.63, 3.8) is 0 Å². The molecule has 3 nitrogen and oxygen atoms in total. The Hall–Kier alpha value is -0.120. The van der Waals surface area contributed by atoms with Crippen LogP contribution in [0.15, 0.2) is 0 Å². The number of hydrogen-bond donors (Lipinski definition) is 3. The Morgan fingerprint density at radius 1 is 1.23 bits per heavy atom. The van der Waals surface area contributed by atoms with E-state index in [-0.39, 0.29) is 6.10 Å². The molecular weight excluding hydrogens is 164 g/mol. The van der Waals surface area contributed by atoms with E-state index >= 15 is 0 Å². The van der Waals surface area contributed by atoms with Gasteiger partial charge in [-0.1, -0.05) is 13.8 Å². The van der Waals surface area contributed by atoms with Crippen LogP contribution in [-0.2, 0) is 0 Å². The molecule has 1 aliphatic heterocycles. The lowest BCUT2D eigenvalue weighted by Crippen LogP contribution is -2.53. The largest absolute Gasteiger partial charge is 0.393 e. The molecule has 1 fully saturated rings. The van der Waals surface area contributed by atoms with E-state index < -0.39 is 0 Å². The Labute approximate surface area is 80.9 Å². The van der Waals surface area contributed by atoms with Crippen molar-refractivity contribution in [2.75, 3.05) is 19.6 Å². The molecule has 1 rings (SSSR count). The van der Waals surface area contributed by atoms with Crippen LogP contribution in [0.3, 0.4) is 0 Å². The Morgan fingerprint density at radius 2 is 1.92 bits per heavy atom. The van der Waals surface area contributed by atoms with Crippen molar-refractivity contribution in [3.05, 3.63) is 0 Å². The van der Waals surface area contributed by atoms with E-state index in [2.05, 4.69) is 24.5 Å². The van der Waals surface area contributed by atoms with Crippen LogP contribution in [0.2, 0.25) is 0 Å². The summed E-state index contributed by atoms with van der Waals surface area (Å²) >= 11 is 0. The van der Waals surface area contributed by atoms with Crippen molar-refractivity contribution >= 4 is 0 Å². The molecule has 1 saturated heterocycles. The molecule has 0 amide bonds. The van der Waals surface area contributed by atoms with Crippen LogP contribution in [0.5, 0.6) is 0 Å². The number of rotatable bonds is 3. The Kier molecular flexibility index (Phi) is 4.16. The third-order valence-corrected chi connectivity index (χ3v) is 3.30. The van der Waals surface area contributed by atoms with Gasteiger partial charge >= 0.3 is 0 Å². The zero-order valence-corrected chi connectivity index (χ0v) is 8.88. The van der Waals surface area contributed by atoms with Gasteiger partial charge in [-0.25, -0.2) is 0 Å². The Bertz CT molecular complexity index is 144. The van der Waals surface area contributed by atoms with E-state index in [0.717, 1.165) is 19.6 Å². The average Bonchev–Trinajstić information content (AvgIpc) is 2.17. The molecule has 4 unspecified atom stereocenters. The highest BCUT2D eigenvalue weighted by atomic mass is 16.3. The second kappa shape index (κ2) is 4.94. The molecular formula is C10H22N2O. The van der Waals surface area contributed by atoms with E-state index in [4.69, 9.17) is 0 Å². The molecule has 0 aliphatic carbocycles. The quantitative estimate of drug-likeness (QED) is 0.590. The smallest absolute Gasteiger partial charge is 0.0540 e. The number of piperazine rings is 1. The average molecular weight is 186 g/mol. The fraction of sp³-hybridized carbons (Fsp3) is 1.00. The van der Waals surface area contributed by atoms with E-state index in [1.165, 1.54) is 0 Å². The van der Waals surface area contributed by atoms with Crippen LogP contribution in [-0.4, -0.2) is 36.9 Å². The van der Waals surface area contributed by atoms with Crippen molar-refractivity contribution in [2.45, 2.75) is 32.9 Å². The number of hydrogen-bond acceptors (Lipinski definition) is 3. The monoisotopic (exact) mass is 186 g/mol. The van der Waals surface area contributed by atoms with Gasteiger partial charge in [0.25, 0.3) is 0 Å². The Morgan fingerprint density at radius 3 is 2.38 bits per heavy atom. The third kappa shape index (κ3) is 2.93. The second-order valence-electron chi connectivity index (χ2n) is 4.22. The molecule has 1 heterocycles. The van der Waals surface area contributed by atoms with Gasteiger partial charge in [0, 0.05) is 25.7 Å². The van der Waals surface area contributed by atoms with Gasteiger partial charge in [0.2, 0.25) is 0 Å². The zero-order chi connectivity index (χ0) is 9.84. The lowest BCUT2D eigenvalue weighted by Gasteiger charge is -2.34. The maximum atomic E-state index is 9.47. The predicted molar refractivity (Wildman–Crippen MR) is 54.7 cm³/mol. The van der Waals surface area contributed by atoms with Gasteiger partial charge in [0.1, 0.15) is 0 Å². The van der Waals surface area contributed by atoms with Crippen LogP contribution >= 0.6 is 0 Å². The van der Waals surface area contributed by atoms with E-state index in [1.807, 2.05) is 6.92 Å². The van der Waals surface area contributed by atoms with E-state index in [0.29, 0.717) is 17.9 Å². The molecule has 0 spiro atoms. The lowest BCUT2D eigenvalue weighted by molar-refractivity contribution is 0.0867. The highest BCUT2D eigenvalue weighted by Gasteiger charge is 2.26. The van der Waals surface area contributed by atoms with Gasteiger partial charge < -0.3 is 15.7 Å². The molecule has 0 aromatic rings. The fourth-order valence-electron chi connectivity index (χ4n) is 1.85. The SMILES string of the molecule is CC(O)C(C)C(C)C1CNCCN1. The summed E-state index contributed by atoms with van der Waals surface area (Å²) in [7, 11) is 0. The summed E-state index contributed by atoms with van der Waals surface area (Å²) in [6.45, 7) is 9.33. The van der Waals surface area contributed by atoms with Crippen molar-refractivity contribution in [3.8, 4) is 0 Å². The molecule has 0 aromatic heterocycles. The molecule has 3 N–H and O–H groups in total. The van der Waals surface area contributed by atoms with Crippen LogP contribution in [0.4, 0.5) is 0 Å².